The zero-order valence-electron chi connectivity index (χ0n) is 11.3. The molecule has 0 fully saturated rings. The maximum Gasteiger partial charge on any atom is 0.0683 e. The Balaban J connectivity index is 2.43. The molecule has 0 spiro atoms. The summed E-state index contributed by atoms with van der Waals surface area (Å²) in [6.45, 7) is 7.09. The summed E-state index contributed by atoms with van der Waals surface area (Å²) in [6.07, 6.45) is 1.99. The largest absolute Gasteiger partial charge is 0.375 e. The van der Waals surface area contributed by atoms with Crippen LogP contribution in [0.15, 0.2) is 24.3 Å². The molecule has 1 rings (SSSR count). The lowest BCUT2D eigenvalue weighted by molar-refractivity contribution is 0.436. The molecule has 0 N–H and O–H groups in total. The molecule has 0 saturated carbocycles. The molecule has 0 saturated heterocycles. The van der Waals surface area contributed by atoms with Crippen molar-refractivity contribution in [1.82, 2.24) is 0 Å². The highest BCUT2D eigenvalue weighted by Crippen LogP contribution is 2.21. The summed E-state index contributed by atoms with van der Waals surface area (Å²) >= 11 is 0. The van der Waals surface area contributed by atoms with Crippen LogP contribution < -0.4 is 4.90 Å². The molecule has 0 amide bonds. The molecular formula is C15H22N2. The van der Waals surface area contributed by atoms with E-state index in [1.54, 1.807) is 0 Å². The number of hydrogen-bond donors (Lipinski definition) is 0. The predicted molar refractivity (Wildman–Crippen MR) is 73.1 cm³/mol. The Labute approximate surface area is 105 Å². The van der Waals surface area contributed by atoms with Crippen LogP contribution in [0.3, 0.4) is 0 Å². The van der Waals surface area contributed by atoms with Crippen molar-refractivity contribution in [3.63, 3.8) is 0 Å². The molecule has 17 heavy (non-hydrogen) atoms. The molecule has 2 heteroatoms. The van der Waals surface area contributed by atoms with E-state index in [-0.39, 0.29) is 5.41 Å². The highest BCUT2D eigenvalue weighted by Gasteiger charge is 2.16. The molecule has 0 radical (unpaired) electrons. The van der Waals surface area contributed by atoms with Gasteiger partial charge in [-0.15, -0.1) is 0 Å². The summed E-state index contributed by atoms with van der Waals surface area (Å²) in [4.78, 5) is 2.24. The third-order valence-corrected chi connectivity index (χ3v) is 3.07. The molecule has 0 bridgehead atoms. The molecule has 0 aliphatic rings. The average molecular weight is 230 g/mol. The number of anilines is 1. The molecule has 92 valence electrons. The van der Waals surface area contributed by atoms with Crippen LogP contribution >= 0.6 is 0 Å². The van der Waals surface area contributed by atoms with Crippen LogP contribution in [0.4, 0.5) is 5.69 Å². The summed E-state index contributed by atoms with van der Waals surface area (Å²) in [6, 6.07) is 10.9. The smallest absolute Gasteiger partial charge is 0.0683 e. The van der Waals surface area contributed by atoms with Crippen molar-refractivity contribution in [1.29, 1.82) is 5.26 Å². The Morgan fingerprint density at radius 3 is 2.35 bits per heavy atom. The van der Waals surface area contributed by atoms with Crippen molar-refractivity contribution >= 4 is 5.69 Å². The van der Waals surface area contributed by atoms with Crippen molar-refractivity contribution in [3.8, 4) is 6.07 Å². The first-order valence-electron chi connectivity index (χ1n) is 6.14. The van der Waals surface area contributed by atoms with E-state index in [2.05, 4.69) is 49.2 Å². The second-order valence-electron chi connectivity index (χ2n) is 5.36. The topological polar surface area (TPSA) is 27.0 Å². The summed E-state index contributed by atoms with van der Waals surface area (Å²) < 4.78 is 0. The lowest BCUT2D eigenvalue weighted by atomic mass is 9.90. The van der Waals surface area contributed by atoms with Gasteiger partial charge < -0.3 is 4.90 Å². The molecule has 1 aromatic rings. The fraction of sp³-hybridized carbons (Fsp3) is 0.533. The van der Waals surface area contributed by atoms with Crippen molar-refractivity contribution in [2.24, 2.45) is 5.41 Å². The van der Waals surface area contributed by atoms with Crippen molar-refractivity contribution in [3.05, 3.63) is 29.8 Å². The third-order valence-electron chi connectivity index (χ3n) is 3.07. The standard InChI is InChI=1S/C15H22N2/c1-13-6-8-14(9-7-13)17(4)11-5-10-15(2,3)12-16/h6-9H,5,10-11H2,1-4H3. The Morgan fingerprint density at radius 1 is 1.24 bits per heavy atom. The summed E-state index contributed by atoms with van der Waals surface area (Å²) in [5.74, 6) is 0. The summed E-state index contributed by atoms with van der Waals surface area (Å²) in [5.41, 5.74) is 2.33. The van der Waals surface area contributed by atoms with Gasteiger partial charge in [-0.05, 0) is 45.7 Å². The molecule has 0 unspecified atom stereocenters. The molecule has 0 atom stereocenters. The van der Waals surface area contributed by atoms with E-state index in [9.17, 15) is 0 Å². The van der Waals surface area contributed by atoms with E-state index in [1.807, 2.05) is 13.8 Å². The lowest BCUT2D eigenvalue weighted by Gasteiger charge is -2.21. The van der Waals surface area contributed by atoms with Gasteiger partial charge in [0.25, 0.3) is 0 Å². The van der Waals surface area contributed by atoms with Crippen LogP contribution in [-0.4, -0.2) is 13.6 Å². The van der Waals surface area contributed by atoms with E-state index < -0.39 is 0 Å². The van der Waals surface area contributed by atoms with Crippen molar-refractivity contribution in [2.45, 2.75) is 33.6 Å². The monoisotopic (exact) mass is 230 g/mol. The van der Waals surface area contributed by atoms with Gasteiger partial charge in [-0.25, -0.2) is 0 Å². The molecular weight excluding hydrogens is 208 g/mol. The molecule has 0 aliphatic heterocycles. The van der Waals surface area contributed by atoms with Crippen LogP contribution in [0.25, 0.3) is 0 Å². The van der Waals surface area contributed by atoms with Gasteiger partial charge >= 0.3 is 0 Å². The number of nitriles is 1. The normalized spacial score (nSPS) is 11.0. The fourth-order valence-corrected chi connectivity index (χ4v) is 1.74. The minimum atomic E-state index is -0.200. The SMILES string of the molecule is Cc1ccc(N(C)CCCC(C)(C)C#N)cc1. The minimum Gasteiger partial charge on any atom is -0.375 e. The van der Waals surface area contributed by atoms with Gasteiger partial charge in [-0.2, -0.15) is 5.26 Å². The van der Waals surface area contributed by atoms with Crippen LogP contribution in [-0.2, 0) is 0 Å². The van der Waals surface area contributed by atoms with Gasteiger partial charge in [0.15, 0.2) is 0 Å². The van der Waals surface area contributed by atoms with Gasteiger partial charge in [0.1, 0.15) is 0 Å². The van der Waals surface area contributed by atoms with Crippen molar-refractivity contribution in [2.75, 3.05) is 18.5 Å². The number of aryl methyl sites for hydroxylation is 1. The van der Waals surface area contributed by atoms with E-state index in [4.69, 9.17) is 5.26 Å². The van der Waals surface area contributed by atoms with Crippen LogP contribution in [0.1, 0.15) is 32.3 Å². The summed E-state index contributed by atoms with van der Waals surface area (Å²) in [7, 11) is 2.10. The molecule has 1 aromatic carbocycles. The van der Waals surface area contributed by atoms with Crippen LogP contribution in [0.2, 0.25) is 0 Å². The van der Waals surface area contributed by atoms with Gasteiger partial charge in [0.05, 0.1) is 11.5 Å². The Bertz CT molecular complexity index is 384. The van der Waals surface area contributed by atoms with E-state index >= 15 is 0 Å². The zero-order chi connectivity index (χ0) is 12.9. The lowest BCUT2D eigenvalue weighted by Crippen LogP contribution is -2.20. The van der Waals surface area contributed by atoms with Crippen LogP contribution in [0.5, 0.6) is 0 Å². The van der Waals surface area contributed by atoms with E-state index in [0.29, 0.717) is 0 Å². The predicted octanol–water partition coefficient (Wildman–Crippen LogP) is 3.76. The second-order valence-corrected chi connectivity index (χ2v) is 5.36. The first kappa shape index (κ1) is 13.6. The number of rotatable bonds is 5. The van der Waals surface area contributed by atoms with Gasteiger partial charge in [0, 0.05) is 19.3 Å². The minimum absolute atomic E-state index is 0.200. The first-order chi connectivity index (χ1) is 7.94. The number of benzene rings is 1. The molecule has 0 aliphatic carbocycles. The highest BCUT2D eigenvalue weighted by atomic mass is 15.1. The van der Waals surface area contributed by atoms with Crippen LogP contribution in [0, 0.1) is 23.7 Å². The Kier molecular flexibility index (Phi) is 4.57. The van der Waals surface area contributed by atoms with E-state index in [0.717, 1.165) is 19.4 Å². The first-order valence-corrected chi connectivity index (χ1v) is 6.14. The highest BCUT2D eigenvalue weighted by molar-refractivity contribution is 5.46. The number of nitrogens with zero attached hydrogens (tertiary/aromatic N) is 2. The van der Waals surface area contributed by atoms with Crippen molar-refractivity contribution < 1.29 is 0 Å². The third kappa shape index (κ3) is 4.48. The van der Waals surface area contributed by atoms with Gasteiger partial charge in [-0.1, -0.05) is 17.7 Å². The zero-order valence-corrected chi connectivity index (χ0v) is 11.3. The maximum atomic E-state index is 8.94. The van der Waals surface area contributed by atoms with Gasteiger partial charge in [0.2, 0.25) is 0 Å². The second kappa shape index (κ2) is 5.72. The molecule has 2 nitrogen and oxygen atoms in total. The average Bonchev–Trinajstić information content (AvgIpc) is 2.29. The molecule has 0 aromatic heterocycles. The Morgan fingerprint density at radius 2 is 1.82 bits per heavy atom. The van der Waals surface area contributed by atoms with Gasteiger partial charge in [-0.3, -0.25) is 0 Å². The van der Waals surface area contributed by atoms with E-state index in [1.165, 1.54) is 11.3 Å². The maximum absolute atomic E-state index is 8.94. The molecule has 0 heterocycles. The Hall–Kier alpha value is -1.49. The number of hydrogen-bond acceptors (Lipinski definition) is 2. The fourth-order valence-electron chi connectivity index (χ4n) is 1.74. The quantitative estimate of drug-likeness (QED) is 0.770. The summed E-state index contributed by atoms with van der Waals surface area (Å²) in [5, 5.41) is 8.94.